The molecule has 3 heteroatoms. The van der Waals surface area contributed by atoms with Crippen LogP contribution in [0.25, 0.3) is 11.4 Å². The second-order valence-corrected chi connectivity index (χ2v) is 2.95. The zero-order valence-corrected chi connectivity index (χ0v) is 7.49. The van der Waals surface area contributed by atoms with Gasteiger partial charge in [0.1, 0.15) is 0 Å². The number of hydrogen-bond donors (Lipinski definition) is 0. The molecule has 0 spiro atoms. The molecule has 1 aromatic carbocycles. The van der Waals surface area contributed by atoms with E-state index in [1.165, 1.54) is 0 Å². The van der Waals surface area contributed by atoms with E-state index in [1.807, 2.05) is 24.3 Å². The highest BCUT2D eigenvalue weighted by Gasteiger charge is 1.97. The molecule has 2 nitrogen and oxygen atoms in total. The zero-order valence-electron chi connectivity index (χ0n) is 6.74. The highest BCUT2D eigenvalue weighted by molar-refractivity contribution is 6.30. The van der Waals surface area contributed by atoms with Gasteiger partial charge < -0.3 is 0 Å². The van der Waals surface area contributed by atoms with Crippen LogP contribution in [0.1, 0.15) is 0 Å². The number of hydrogen-bond acceptors (Lipinski definition) is 2. The van der Waals surface area contributed by atoms with E-state index >= 15 is 0 Å². The van der Waals surface area contributed by atoms with Crippen LogP contribution in [-0.2, 0) is 0 Å². The molecule has 0 amide bonds. The quantitative estimate of drug-likeness (QED) is 0.689. The molecule has 63 valence electrons. The van der Waals surface area contributed by atoms with Crippen molar-refractivity contribution in [2.24, 2.45) is 0 Å². The number of halogens is 1. The van der Waals surface area contributed by atoms with E-state index < -0.39 is 0 Å². The molecule has 0 N–H and O–H groups in total. The van der Waals surface area contributed by atoms with Crippen molar-refractivity contribution < 1.29 is 0 Å². The summed E-state index contributed by atoms with van der Waals surface area (Å²) in [6, 6.07) is 9.05. The Bertz CT molecular complexity index is 383. The van der Waals surface area contributed by atoms with Crippen molar-refractivity contribution in [2.75, 3.05) is 0 Å². The summed E-state index contributed by atoms with van der Waals surface area (Å²) >= 11 is 5.75. The zero-order chi connectivity index (χ0) is 9.10. The smallest absolute Gasteiger partial charge is 0.159 e. The summed E-state index contributed by atoms with van der Waals surface area (Å²) in [7, 11) is 0. The molecule has 1 aromatic heterocycles. The molecule has 2 aromatic rings. The summed E-state index contributed by atoms with van der Waals surface area (Å²) in [4.78, 5) is 8.09. The Morgan fingerprint density at radius 2 is 1.92 bits per heavy atom. The lowest BCUT2D eigenvalue weighted by Crippen LogP contribution is -1.85. The Hall–Kier alpha value is -1.41. The van der Waals surface area contributed by atoms with Crippen LogP contribution < -0.4 is 0 Å². The molecule has 13 heavy (non-hydrogen) atoms. The SMILES string of the molecule is Clc1ccc(-c2n[c]ccn2)cc1. The lowest BCUT2D eigenvalue weighted by Gasteiger charge is -1.97. The molecule has 2 rings (SSSR count). The van der Waals surface area contributed by atoms with E-state index in [4.69, 9.17) is 11.6 Å². The fourth-order valence-electron chi connectivity index (χ4n) is 1.01. The number of rotatable bonds is 1. The molecule has 0 saturated carbocycles. The molecule has 0 aliphatic carbocycles. The van der Waals surface area contributed by atoms with E-state index in [2.05, 4.69) is 16.2 Å². The predicted octanol–water partition coefficient (Wildman–Crippen LogP) is 2.60. The molecule has 0 saturated heterocycles. The summed E-state index contributed by atoms with van der Waals surface area (Å²) in [6.45, 7) is 0. The van der Waals surface area contributed by atoms with Crippen molar-refractivity contribution in [2.45, 2.75) is 0 Å². The Kier molecular flexibility index (Phi) is 2.23. The van der Waals surface area contributed by atoms with Crippen LogP contribution in [0.5, 0.6) is 0 Å². The van der Waals surface area contributed by atoms with Gasteiger partial charge in [-0.1, -0.05) is 11.6 Å². The first kappa shape index (κ1) is 8.20. The van der Waals surface area contributed by atoms with Gasteiger partial charge in [-0.2, -0.15) is 0 Å². The van der Waals surface area contributed by atoms with Gasteiger partial charge >= 0.3 is 0 Å². The standard InChI is InChI=1S/C10H6ClN2/c11-9-4-2-8(3-5-9)10-12-6-1-7-13-10/h1-6H. The normalized spacial score (nSPS) is 9.92. The summed E-state index contributed by atoms with van der Waals surface area (Å²) in [5, 5.41) is 0.712. The molecule has 0 atom stereocenters. The maximum absolute atomic E-state index is 5.75. The van der Waals surface area contributed by atoms with E-state index in [1.54, 1.807) is 12.3 Å². The van der Waals surface area contributed by atoms with Crippen LogP contribution in [0.4, 0.5) is 0 Å². The fraction of sp³-hybridized carbons (Fsp3) is 0. The average molecular weight is 190 g/mol. The van der Waals surface area contributed by atoms with Crippen LogP contribution in [0.2, 0.25) is 5.02 Å². The molecular weight excluding hydrogens is 184 g/mol. The van der Waals surface area contributed by atoms with Gasteiger partial charge in [-0.25, -0.2) is 9.97 Å². The Morgan fingerprint density at radius 3 is 2.54 bits per heavy atom. The number of nitrogens with zero attached hydrogens (tertiary/aromatic N) is 2. The van der Waals surface area contributed by atoms with Crippen LogP contribution in [0.15, 0.2) is 36.5 Å². The van der Waals surface area contributed by atoms with Crippen LogP contribution in [-0.4, -0.2) is 9.97 Å². The van der Waals surface area contributed by atoms with E-state index in [0.717, 1.165) is 5.56 Å². The minimum absolute atomic E-state index is 0.666. The van der Waals surface area contributed by atoms with Crippen molar-refractivity contribution >= 4 is 11.6 Å². The minimum atomic E-state index is 0.666. The molecule has 0 aliphatic rings. The van der Waals surface area contributed by atoms with Gasteiger partial charge in [0.05, 0.1) is 6.20 Å². The molecule has 1 heterocycles. The Balaban J connectivity index is 2.42. The van der Waals surface area contributed by atoms with E-state index in [-0.39, 0.29) is 0 Å². The lowest BCUT2D eigenvalue weighted by molar-refractivity contribution is 1.17. The lowest BCUT2D eigenvalue weighted by atomic mass is 10.2. The third-order valence-electron chi connectivity index (χ3n) is 1.62. The highest BCUT2D eigenvalue weighted by Crippen LogP contribution is 2.16. The molecule has 0 fully saturated rings. The first-order valence-electron chi connectivity index (χ1n) is 3.81. The number of aromatic nitrogens is 2. The first-order valence-corrected chi connectivity index (χ1v) is 4.19. The molecule has 0 aliphatic heterocycles. The van der Waals surface area contributed by atoms with Crippen LogP contribution in [0.3, 0.4) is 0 Å². The van der Waals surface area contributed by atoms with Crippen LogP contribution in [0, 0.1) is 6.20 Å². The second-order valence-electron chi connectivity index (χ2n) is 2.52. The molecule has 0 unspecified atom stereocenters. The second kappa shape index (κ2) is 3.54. The maximum atomic E-state index is 5.75. The summed E-state index contributed by atoms with van der Waals surface area (Å²) in [5.74, 6) is 0.666. The largest absolute Gasteiger partial charge is 0.237 e. The van der Waals surface area contributed by atoms with Gasteiger partial charge in [-0.3, -0.25) is 0 Å². The first-order chi connectivity index (χ1) is 6.36. The Morgan fingerprint density at radius 1 is 1.15 bits per heavy atom. The van der Waals surface area contributed by atoms with E-state index in [0.29, 0.717) is 10.8 Å². The topological polar surface area (TPSA) is 25.8 Å². The van der Waals surface area contributed by atoms with Crippen molar-refractivity contribution in [3.8, 4) is 11.4 Å². The van der Waals surface area contributed by atoms with Gasteiger partial charge in [-0.05, 0) is 30.3 Å². The maximum Gasteiger partial charge on any atom is 0.159 e. The van der Waals surface area contributed by atoms with Crippen molar-refractivity contribution in [1.29, 1.82) is 0 Å². The van der Waals surface area contributed by atoms with Crippen molar-refractivity contribution in [1.82, 2.24) is 9.97 Å². The van der Waals surface area contributed by atoms with Gasteiger partial charge in [0.15, 0.2) is 5.82 Å². The third-order valence-corrected chi connectivity index (χ3v) is 1.87. The number of benzene rings is 1. The fourth-order valence-corrected chi connectivity index (χ4v) is 1.13. The monoisotopic (exact) mass is 189 g/mol. The third kappa shape index (κ3) is 1.84. The van der Waals surface area contributed by atoms with Gasteiger partial charge in [0, 0.05) is 16.8 Å². The van der Waals surface area contributed by atoms with Gasteiger partial charge in [-0.15, -0.1) is 0 Å². The van der Waals surface area contributed by atoms with Crippen molar-refractivity contribution in [3.63, 3.8) is 0 Å². The van der Waals surface area contributed by atoms with E-state index in [9.17, 15) is 0 Å². The molecule has 0 bridgehead atoms. The van der Waals surface area contributed by atoms with Gasteiger partial charge in [0.25, 0.3) is 0 Å². The summed E-state index contributed by atoms with van der Waals surface area (Å²) < 4.78 is 0. The highest BCUT2D eigenvalue weighted by atomic mass is 35.5. The average Bonchev–Trinajstić information content (AvgIpc) is 2.20. The summed E-state index contributed by atoms with van der Waals surface area (Å²) in [6.07, 6.45) is 4.39. The predicted molar refractivity (Wildman–Crippen MR) is 51.3 cm³/mol. The van der Waals surface area contributed by atoms with Gasteiger partial charge in [0.2, 0.25) is 0 Å². The van der Waals surface area contributed by atoms with Crippen LogP contribution >= 0.6 is 11.6 Å². The van der Waals surface area contributed by atoms with Crippen molar-refractivity contribution in [3.05, 3.63) is 47.7 Å². The molecule has 1 radical (unpaired) electrons. The summed E-state index contributed by atoms with van der Waals surface area (Å²) in [5.41, 5.74) is 0.946. The molecular formula is C10H6ClN2. The Labute approximate surface area is 81.2 Å². The minimum Gasteiger partial charge on any atom is -0.237 e.